The summed E-state index contributed by atoms with van der Waals surface area (Å²) in [6, 6.07) is 9.17. The van der Waals surface area contributed by atoms with Crippen molar-refractivity contribution in [3.8, 4) is 17.2 Å². The van der Waals surface area contributed by atoms with Gasteiger partial charge in [0.15, 0.2) is 11.5 Å². The second kappa shape index (κ2) is 9.12. The lowest BCUT2D eigenvalue weighted by Gasteiger charge is -2.19. The molecule has 2 rings (SSSR count). The Morgan fingerprint density at radius 1 is 1.11 bits per heavy atom. The molecule has 1 N–H and O–H groups in total. The average molecular weight is 369 g/mol. The van der Waals surface area contributed by atoms with Crippen molar-refractivity contribution in [1.29, 1.82) is 0 Å². The van der Waals surface area contributed by atoms with Crippen molar-refractivity contribution in [2.75, 3.05) is 21.3 Å². The monoisotopic (exact) mass is 369 g/mol. The van der Waals surface area contributed by atoms with Crippen LogP contribution in [0.25, 0.3) is 0 Å². The highest BCUT2D eigenvalue weighted by atomic mass is 16.5. The summed E-state index contributed by atoms with van der Waals surface area (Å²) in [6.45, 7) is 7.70. The van der Waals surface area contributed by atoms with Crippen LogP contribution < -0.4 is 19.5 Å². The van der Waals surface area contributed by atoms with Gasteiger partial charge in [0.25, 0.3) is 5.91 Å². The minimum absolute atomic E-state index is 0.197. The first kappa shape index (κ1) is 20.4. The molecule has 1 unspecified atom stereocenters. The van der Waals surface area contributed by atoms with E-state index >= 15 is 0 Å². The van der Waals surface area contributed by atoms with E-state index in [1.165, 1.54) is 0 Å². The Balaban J connectivity index is 2.33. The zero-order valence-electron chi connectivity index (χ0n) is 16.6. The first-order chi connectivity index (χ1) is 12.9. The Bertz CT molecular complexity index is 829. The number of benzene rings is 2. The standard InChI is InChI=1S/C22H27NO4/c1-7-8-16-12-17(13-20(26-5)21(16)27-6)22(24)23-15(3)18-11-14(2)9-10-19(18)25-4/h7,9-13,15H,1,8H2,2-6H3,(H,23,24). The predicted molar refractivity (Wildman–Crippen MR) is 107 cm³/mol. The number of ether oxygens (including phenoxy) is 3. The molecule has 1 atom stereocenters. The SMILES string of the molecule is C=CCc1cc(C(=O)NC(C)c2cc(C)ccc2OC)cc(OC)c1OC. The Kier molecular flexibility index (Phi) is 6.88. The zero-order valence-corrected chi connectivity index (χ0v) is 16.6. The Hall–Kier alpha value is -2.95. The number of amides is 1. The normalized spacial score (nSPS) is 11.4. The van der Waals surface area contributed by atoms with Gasteiger partial charge in [-0.15, -0.1) is 6.58 Å². The summed E-state index contributed by atoms with van der Waals surface area (Å²) in [7, 11) is 4.76. The lowest BCUT2D eigenvalue weighted by atomic mass is 10.0. The number of hydrogen-bond donors (Lipinski definition) is 1. The van der Waals surface area contributed by atoms with E-state index in [0.717, 1.165) is 22.4 Å². The van der Waals surface area contributed by atoms with Crippen LogP contribution in [-0.4, -0.2) is 27.2 Å². The summed E-state index contributed by atoms with van der Waals surface area (Å²) in [5.74, 6) is 1.68. The van der Waals surface area contributed by atoms with Crippen LogP contribution >= 0.6 is 0 Å². The number of rotatable bonds is 8. The number of hydrogen-bond acceptors (Lipinski definition) is 4. The van der Waals surface area contributed by atoms with Crippen molar-refractivity contribution in [2.24, 2.45) is 0 Å². The highest BCUT2D eigenvalue weighted by Crippen LogP contribution is 2.33. The van der Waals surface area contributed by atoms with Gasteiger partial charge < -0.3 is 19.5 Å². The van der Waals surface area contributed by atoms with Crippen LogP contribution in [0.3, 0.4) is 0 Å². The maximum Gasteiger partial charge on any atom is 0.251 e. The quantitative estimate of drug-likeness (QED) is 0.707. The van der Waals surface area contributed by atoms with Gasteiger partial charge in [0.2, 0.25) is 0 Å². The fourth-order valence-electron chi connectivity index (χ4n) is 3.03. The molecule has 27 heavy (non-hydrogen) atoms. The first-order valence-corrected chi connectivity index (χ1v) is 8.76. The zero-order chi connectivity index (χ0) is 20.0. The third kappa shape index (κ3) is 4.61. The van der Waals surface area contributed by atoms with Crippen molar-refractivity contribution in [2.45, 2.75) is 26.3 Å². The fraction of sp³-hybridized carbons (Fsp3) is 0.318. The predicted octanol–water partition coefficient (Wildman–Crippen LogP) is 4.24. The van der Waals surface area contributed by atoms with Gasteiger partial charge in [0.05, 0.1) is 27.4 Å². The van der Waals surface area contributed by atoms with Gasteiger partial charge in [-0.3, -0.25) is 4.79 Å². The number of allylic oxidation sites excluding steroid dienone is 1. The number of carbonyl (C=O) groups is 1. The van der Waals surface area contributed by atoms with Gasteiger partial charge in [0, 0.05) is 16.7 Å². The first-order valence-electron chi connectivity index (χ1n) is 8.76. The van der Waals surface area contributed by atoms with Gasteiger partial charge in [-0.1, -0.05) is 23.8 Å². The molecule has 0 fully saturated rings. The molecule has 0 radical (unpaired) electrons. The van der Waals surface area contributed by atoms with E-state index in [4.69, 9.17) is 14.2 Å². The van der Waals surface area contributed by atoms with Crippen molar-refractivity contribution >= 4 is 5.91 Å². The Labute approximate surface area is 161 Å². The second-order valence-corrected chi connectivity index (χ2v) is 6.30. The van der Waals surface area contributed by atoms with E-state index in [0.29, 0.717) is 23.5 Å². The molecule has 0 aliphatic heterocycles. The molecule has 0 aliphatic rings. The van der Waals surface area contributed by atoms with Crippen LogP contribution in [0, 0.1) is 6.92 Å². The summed E-state index contributed by atoms with van der Waals surface area (Å²) in [6.07, 6.45) is 2.33. The summed E-state index contributed by atoms with van der Waals surface area (Å²) in [5, 5.41) is 3.03. The summed E-state index contributed by atoms with van der Waals surface area (Å²) >= 11 is 0. The van der Waals surface area contributed by atoms with Gasteiger partial charge in [-0.2, -0.15) is 0 Å². The lowest BCUT2D eigenvalue weighted by molar-refractivity contribution is 0.0939. The van der Waals surface area contributed by atoms with Crippen LogP contribution in [0.5, 0.6) is 17.2 Å². The number of nitrogens with one attached hydrogen (secondary N) is 1. The maximum absolute atomic E-state index is 12.9. The van der Waals surface area contributed by atoms with Crippen molar-refractivity contribution in [3.63, 3.8) is 0 Å². The maximum atomic E-state index is 12.9. The van der Waals surface area contributed by atoms with E-state index < -0.39 is 0 Å². The average Bonchev–Trinajstić information content (AvgIpc) is 2.67. The van der Waals surface area contributed by atoms with E-state index in [-0.39, 0.29) is 11.9 Å². The number of methoxy groups -OCH3 is 3. The fourth-order valence-corrected chi connectivity index (χ4v) is 3.03. The van der Waals surface area contributed by atoms with Gasteiger partial charge in [-0.05, 0) is 38.5 Å². The molecule has 144 valence electrons. The molecule has 0 saturated heterocycles. The summed E-state index contributed by atoms with van der Waals surface area (Å²) in [4.78, 5) is 12.9. The van der Waals surface area contributed by atoms with Gasteiger partial charge in [0.1, 0.15) is 5.75 Å². The second-order valence-electron chi connectivity index (χ2n) is 6.30. The molecule has 5 heteroatoms. The molecule has 2 aromatic rings. The van der Waals surface area contributed by atoms with Crippen LogP contribution in [-0.2, 0) is 6.42 Å². The number of carbonyl (C=O) groups excluding carboxylic acids is 1. The highest BCUT2D eigenvalue weighted by Gasteiger charge is 2.19. The smallest absolute Gasteiger partial charge is 0.251 e. The highest BCUT2D eigenvalue weighted by molar-refractivity contribution is 5.95. The largest absolute Gasteiger partial charge is 0.496 e. The molecule has 0 aliphatic carbocycles. The van der Waals surface area contributed by atoms with Crippen molar-refractivity contribution < 1.29 is 19.0 Å². The Morgan fingerprint density at radius 3 is 2.41 bits per heavy atom. The van der Waals surface area contributed by atoms with E-state index in [1.54, 1.807) is 39.5 Å². The van der Waals surface area contributed by atoms with Crippen LogP contribution in [0.1, 0.15) is 40.0 Å². The van der Waals surface area contributed by atoms with E-state index in [2.05, 4.69) is 11.9 Å². The molecular weight excluding hydrogens is 342 g/mol. The van der Waals surface area contributed by atoms with Crippen molar-refractivity contribution in [1.82, 2.24) is 5.32 Å². The van der Waals surface area contributed by atoms with Crippen LogP contribution in [0.15, 0.2) is 43.0 Å². The Morgan fingerprint density at radius 2 is 1.81 bits per heavy atom. The van der Waals surface area contributed by atoms with Gasteiger partial charge >= 0.3 is 0 Å². The van der Waals surface area contributed by atoms with E-state index in [1.807, 2.05) is 32.0 Å². The lowest BCUT2D eigenvalue weighted by Crippen LogP contribution is -2.27. The molecule has 5 nitrogen and oxygen atoms in total. The summed E-state index contributed by atoms with van der Waals surface area (Å²) in [5.41, 5.74) is 3.38. The minimum atomic E-state index is -0.219. The topological polar surface area (TPSA) is 56.8 Å². The molecule has 0 aromatic heterocycles. The molecule has 0 bridgehead atoms. The van der Waals surface area contributed by atoms with E-state index in [9.17, 15) is 4.79 Å². The van der Waals surface area contributed by atoms with Crippen molar-refractivity contribution in [3.05, 3.63) is 65.2 Å². The minimum Gasteiger partial charge on any atom is -0.496 e. The molecule has 0 heterocycles. The number of aryl methyl sites for hydroxylation is 1. The van der Waals surface area contributed by atoms with Gasteiger partial charge in [-0.25, -0.2) is 0 Å². The molecular formula is C22H27NO4. The van der Waals surface area contributed by atoms with Crippen LogP contribution in [0.4, 0.5) is 0 Å². The third-order valence-corrected chi connectivity index (χ3v) is 4.38. The van der Waals surface area contributed by atoms with Crippen LogP contribution in [0.2, 0.25) is 0 Å². The molecule has 0 saturated carbocycles. The molecule has 1 amide bonds. The molecule has 0 spiro atoms. The molecule has 2 aromatic carbocycles. The third-order valence-electron chi connectivity index (χ3n) is 4.38. The summed E-state index contributed by atoms with van der Waals surface area (Å²) < 4.78 is 16.3.